The van der Waals surface area contributed by atoms with Crippen LogP contribution in [-0.4, -0.2) is 18.8 Å². The molecule has 0 aliphatic heterocycles. The summed E-state index contributed by atoms with van der Waals surface area (Å²) in [5.74, 6) is 4.51. The lowest BCUT2D eigenvalue weighted by atomic mass is 10.1. The molecule has 1 N–H and O–H groups in total. The van der Waals surface area contributed by atoms with E-state index >= 15 is 0 Å². The van der Waals surface area contributed by atoms with Crippen LogP contribution < -0.4 is 4.90 Å². The van der Waals surface area contributed by atoms with E-state index in [2.05, 4.69) is 11.8 Å². The maximum absolute atomic E-state index is 13.7. The first-order valence-electron chi connectivity index (χ1n) is 6.45. The fourth-order valence-electron chi connectivity index (χ4n) is 2.04. The summed E-state index contributed by atoms with van der Waals surface area (Å²) >= 11 is 0. The Morgan fingerprint density at radius 3 is 2.62 bits per heavy atom. The molecule has 0 aliphatic rings. The Labute approximate surface area is 122 Å². The number of para-hydroxylation sites is 1. The molecule has 2 rings (SSSR count). The van der Waals surface area contributed by atoms with Crippen molar-refractivity contribution in [3.8, 4) is 11.8 Å². The van der Waals surface area contributed by atoms with Crippen LogP contribution in [0, 0.1) is 23.5 Å². The molecule has 2 aromatic rings. The number of hydrogen-bond acceptors (Lipinski definition) is 2. The largest absolute Gasteiger partial charge is 0.384 e. The third-order valence-electron chi connectivity index (χ3n) is 3.05. The highest BCUT2D eigenvalue weighted by atomic mass is 19.1. The average molecular weight is 287 g/mol. The Morgan fingerprint density at radius 2 is 1.90 bits per heavy atom. The van der Waals surface area contributed by atoms with Crippen molar-refractivity contribution in [2.75, 3.05) is 18.6 Å². The molecule has 0 saturated carbocycles. The predicted molar refractivity (Wildman–Crippen MR) is 78.9 cm³/mol. The Kier molecular flexibility index (Phi) is 4.91. The third kappa shape index (κ3) is 3.80. The molecule has 0 aliphatic carbocycles. The standard InChI is InChI=1S/C17H15F2NO/c1-20(17-7-3-2-6-16(17)19)12-14-8-9-15(18)11-13(14)5-4-10-21/h2-3,6-9,11,21H,10,12H2,1H3. The predicted octanol–water partition coefficient (Wildman–Crippen LogP) is 2.95. The molecule has 2 aromatic carbocycles. The molecule has 4 heteroatoms. The van der Waals surface area contributed by atoms with Gasteiger partial charge in [0.2, 0.25) is 0 Å². The number of hydrogen-bond donors (Lipinski definition) is 1. The number of aliphatic hydroxyl groups excluding tert-OH is 1. The van der Waals surface area contributed by atoms with Crippen LogP contribution in [0.2, 0.25) is 0 Å². The Bertz CT molecular complexity index is 689. The Hall–Kier alpha value is -2.38. The highest BCUT2D eigenvalue weighted by molar-refractivity contribution is 5.50. The minimum Gasteiger partial charge on any atom is -0.384 e. The molecule has 0 aromatic heterocycles. The van der Waals surface area contributed by atoms with E-state index in [-0.39, 0.29) is 12.4 Å². The summed E-state index contributed by atoms with van der Waals surface area (Å²) < 4.78 is 27.0. The third-order valence-corrected chi connectivity index (χ3v) is 3.05. The summed E-state index contributed by atoms with van der Waals surface area (Å²) in [5, 5.41) is 8.76. The summed E-state index contributed by atoms with van der Waals surface area (Å²) in [6.45, 7) is 0.0930. The first-order valence-corrected chi connectivity index (χ1v) is 6.45. The summed E-state index contributed by atoms with van der Waals surface area (Å²) in [7, 11) is 1.75. The van der Waals surface area contributed by atoms with Gasteiger partial charge in [0.05, 0.1) is 5.69 Å². The molecule has 0 saturated heterocycles. The van der Waals surface area contributed by atoms with Gasteiger partial charge in [0.1, 0.15) is 18.2 Å². The fraction of sp³-hybridized carbons (Fsp3) is 0.176. The maximum atomic E-state index is 13.7. The lowest BCUT2D eigenvalue weighted by Crippen LogP contribution is -2.18. The first kappa shape index (κ1) is 15.0. The van der Waals surface area contributed by atoms with Crippen LogP contribution in [0.5, 0.6) is 0 Å². The number of benzene rings is 2. The van der Waals surface area contributed by atoms with Gasteiger partial charge in [0.25, 0.3) is 0 Å². The zero-order chi connectivity index (χ0) is 15.2. The molecule has 0 fully saturated rings. The molecule has 0 bridgehead atoms. The number of halogens is 2. The van der Waals surface area contributed by atoms with Crippen molar-refractivity contribution in [1.29, 1.82) is 0 Å². The van der Waals surface area contributed by atoms with Gasteiger partial charge in [0, 0.05) is 19.2 Å². The zero-order valence-corrected chi connectivity index (χ0v) is 11.6. The Balaban J connectivity index is 2.29. The molecular weight excluding hydrogens is 272 g/mol. The van der Waals surface area contributed by atoms with Crippen molar-refractivity contribution >= 4 is 5.69 Å². The van der Waals surface area contributed by atoms with Gasteiger partial charge in [-0.05, 0) is 29.8 Å². The molecule has 2 nitrogen and oxygen atoms in total. The fourth-order valence-corrected chi connectivity index (χ4v) is 2.04. The van der Waals surface area contributed by atoms with Gasteiger partial charge in [-0.1, -0.05) is 30.0 Å². The smallest absolute Gasteiger partial charge is 0.146 e. The second-order valence-corrected chi connectivity index (χ2v) is 4.57. The van der Waals surface area contributed by atoms with E-state index in [1.165, 1.54) is 18.2 Å². The monoisotopic (exact) mass is 287 g/mol. The summed E-state index contributed by atoms with van der Waals surface area (Å²) in [6.07, 6.45) is 0. The van der Waals surface area contributed by atoms with E-state index in [0.29, 0.717) is 17.8 Å². The lowest BCUT2D eigenvalue weighted by molar-refractivity contribution is 0.350. The lowest BCUT2D eigenvalue weighted by Gasteiger charge is -2.20. The quantitative estimate of drug-likeness (QED) is 0.877. The van der Waals surface area contributed by atoms with E-state index in [0.717, 1.165) is 5.56 Å². The number of aliphatic hydroxyl groups is 1. The van der Waals surface area contributed by atoms with Gasteiger partial charge < -0.3 is 10.0 Å². The molecule has 0 amide bonds. The average Bonchev–Trinajstić information content (AvgIpc) is 2.47. The van der Waals surface area contributed by atoms with Gasteiger partial charge in [0.15, 0.2) is 0 Å². The van der Waals surface area contributed by atoms with E-state index in [1.54, 1.807) is 36.2 Å². The minimum atomic E-state index is -0.394. The first-order chi connectivity index (χ1) is 10.1. The number of nitrogens with zero attached hydrogens (tertiary/aromatic N) is 1. The molecule has 0 radical (unpaired) electrons. The van der Waals surface area contributed by atoms with Crippen LogP contribution in [0.3, 0.4) is 0 Å². The van der Waals surface area contributed by atoms with E-state index < -0.39 is 5.82 Å². The summed E-state index contributed by atoms with van der Waals surface area (Å²) in [5.41, 5.74) is 1.72. The highest BCUT2D eigenvalue weighted by Gasteiger charge is 2.10. The van der Waals surface area contributed by atoms with Crippen molar-refractivity contribution < 1.29 is 13.9 Å². The molecular formula is C17H15F2NO. The SMILES string of the molecule is CN(Cc1ccc(F)cc1C#CCO)c1ccccc1F. The zero-order valence-electron chi connectivity index (χ0n) is 11.6. The number of rotatable bonds is 3. The second-order valence-electron chi connectivity index (χ2n) is 4.57. The molecule has 0 atom stereocenters. The van der Waals surface area contributed by atoms with Gasteiger partial charge >= 0.3 is 0 Å². The van der Waals surface area contributed by atoms with Crippen LogP contribution in [0.4, 0.5) is 14.5 Å². The van der Waals surface area contributed by atoms with Crippen molar-refractivity contribution in [1.82, 2.24) is 0 Å². The van der Waals surface area contributed by atoms with Gasteiger partial charge in [-0.2, -0.15) is 0 Å². The van der Waals surface area contributed by atoms with Crippen molar-refractivity contribution in [2.45, 2.75) is 6.54 Å². The van der Waals surface area contributed by atoms with Gasteiger partial charge in [-0.25, -0.2) is 8.78 Å². The molecule has 0 heterocycles. The van der Waals surface area contributed by atoms with E-state index in [1.807, 2.05) is 0 Å². The highest BCUT2D eigenvalue weighted by Crippen LogP contribution is 2.21. The minimum absolute atomic E-state index is 0.293. The van der Waals surface area contributed by atoms with Crippen molar-refractivity contribution in [3.63, 3.8) is 0 Å². The van der Waals surface area contributed by atoms with Crippen LogP contribution in [-0.2, 0) is 6.54 Å². The normalized spacial score (nSPS) is 9.90. The summed E-state index contributed by atoms with van der Waals surface area (Å²) in [6, 6.07) is 10.7. The van der Waals surface area contributed by atoms with E-state index in [4.69, 9.17) is 5.11 Å². The van der Waals surface area contributed by atoms with Crippen molar-refractivity contribution in [2.24, 2.45) is 0 Å². The van der Waals surface area contributed by atoms with Gasteiger partial charge in [-0.3, -0.25) is 0 Å². The van der Waals surface area contributed by atoms with Gasteiger partial charge in [-0.15, -0.1) is 0 Å². The topological polar surface area (TPSA) is 23.5 Å². The van der Waals surface area contributed by atoms with Crippen LogP contribution in [0.15, 0.2) is 42.5 Å². The maximum Gasteiger partial charge on any atom is 0.146 e. The number of anilines is 1. The molecule has 108 valence electrons. The Morgan fingerprint density at radius 1 is 1.14 bits per heavy atom. The molecule has 0 unspecified atom stereocenters. The van der Waals surface area contributed by atoms with Crippen LogP contribution in [0.25, 0.3) is 0 Å². The van der Waals surface area contributed by atoms with Crippen LogP contribution in [0.1, 0.15) is 11.1 Å². The van der Waals surface area contributed by atoms with Crippen LogP contribution >= 0.6 is 0 Å². The molecule has 21 heavy (non-hydrogen) atoms. The summed E-state index contributed by atoms with van der Waals surface area (Å²) in [4.78, 5) is 1.73. The van der Waals surface area contributed by atoms with E-state index in [9.17, 15) is 8.78 Å². The second kappa shape index (κ2) is 6.87. The molecule has 0 spiro atoms. The van der Waals surface area contributed by atoms with Crippen molar-refractivity contribution in [3.05, 3.63) is 65.2 Å².